The highest BCUT2D eigenvalue weighted by Crippen LogP contribution is 2.05. The average Bonchev–Trinajstić information content (AvgIpc) is 2.68. The number of nitrogens with one attached hydrogen (secondary N) is 2. The Balaban J connectivity index is 0.00000420. The van der Waals surface area contributed by atoms with Crippen LogP contribution in [0.15, 0.2) is 60.7 Å². The van der Waals surface area contributed by atoms with Gasteiger partial charge >= 0.3 is 0 Å². The van der Waals surface area contributed by atoms with Crippen LogP contribution in [0.4, 0.5) is 0 Å². The van der Waals surface area contributed by atoms with Crippen LogP contribution in [-0.4, -0.2) is 36.3 Å². The van der Waals surface area contributed by atoms with Crippen LogP contribution in [-0.2, 0) is 27.2 Å². The Bertz CT molecular complexity index is 787. The van der Waals surface area contributed by atoms with Gasteiger partial charge in [-0.15, -0.1) is 17.0 Å². The second kappa shape index (κ2) is 12.7. The maximum Gasteiger partial charge on any atom is 0.242 e. The Morgan fingerprint density at radius 2 is 1.41 bits per heavy atom. The molecule has 8 heteroatoms. The van der Waals surface area contributed by atoms with E-state index in [1.54, 1.807) is 0 Å². The number of rotatable bonds is 10. The topological polar surface area (TPSA) is 127 Å². The molecular weight excluding hydrogens is 436 g/mol. The molecule has 7 nitrogen and oxygen atoms in total. The molecule has 2 aromatic rings. The summed E-state index contributed by atoms with van der Waals surface area (Å²) in [5.74, 6) is -1.56. The van der Waals surface area contributed by atoms with E-state index in [4.69, 9.17) is 11.5 Å². The van der Waals surface area contributed by atoms with Gasteiger partial charge in [-0.3, -0.25) is 14.4 Å². The van der Waals surface area contributed by atoms with Crippen molar-refractivity contribution in [3.63, 3.8) is 0 Å². The van der Waals surface area contributed by atoms with E-state index in [9.17, 15) is 14.4 Å². The Morgan fingerprint density at radius 1 is 0.862 bits per heavy atom. The molecule has 0 aromatic heterocycles. The minimum absolute atomic E-state index is 0. The molecule has 0 aliphatic rings. The zero-order valence-electron chi connectivity index (χ0n) is 16.0. The summed E-state index contributed by atoms with van der Waals surface area (Å²) >= 11 is 0. The first-order chi connectivity index (χ1) is 13.5. The number of hydrogen-bond donors (Lipinski definition) is 4. The van der Waals surface area contributed by atoms with Gasteiger partial charge in [0.15, 0.2) is 0 Å². The average molecular weight is 463 g/mol. The minimum atomic E-state index is -1.09. The molecule has 3 amide bonds. The van der Waals surface area contributed by atoms with E-state index in [-0.39, 0.29) is 29.3 Å². The van der Waals surface area contributed by atoms with Crippen LogP contribution >= 0.6 is 17.0 Å². The molecular formula is C21H27BrN4O3. The highest BCUT2D eigenvalue weighted by Gasteiger charge is 2.24. The molecule has 0 aliphatic carbocycles. The minimum Gasteiger partial charge on any atom is -0.370 e. The van der Waals surface area contributed by atoms with Crippen LogP contribution in [0.2, 0.25) is 0 Å². The van der Waals surface area contributed by atoms with Gasteiger partial charge in [0.2, 0.25) is 17.7 Å². The summed E-state index contributed by atoms with van der Waals surface area (Å²) in [5, 5.41) is 5.49. The van der Waals surface area contributed by atoms with Crippen LogP contribution in [0, 0.1) is 0 Å². The van der Waals surface area contributed by atoms with E-state index in [1.807, 2.05) is 60.7 Å². The molecule has 156 valence electrons. The van der Waals surface area contributed by atoms with Crippen molar-refractivity contribution in [2.24, 2.45) is 11.5 Å². The molecule has 29 heavy (non-hydrogen) atoms. The maximum atomic E-state index is 12.7. The zero-order valence-corrected chi connectivity index (χ0v) is 17.8. The largest absolute Gasteiger partial charge is 0.370 e. The molecule has 2 atom stereocenters. The molecule has 0 fully saturated rings. The second-order valence-electron chi connectivity index (χ2n) is 6.55. The highest BCUT2D eigenvalue weighted by atomic mass is 79.9. The monoisotopic (exact) mass is 462 g/mol. The maximum absolute atomic E-state index is 12.7. The van der Waals surface area contributed by atoms with Crippen molar-refractivity contribution >= 4 is 34.7 Å². The third-order valence-corrected chi connectivity index (χ3v) is 4.23. The SMILES string of the molecule is Br.NC(=O)C[C@H](N)C(=O)N[C@@H](Cc1ccccc1)C(=O)NCCc1ccccc1. The van der Waals surface area contributed by atoms with Gasteiger partial charge < -0.3 is 22.1 Å². The number of nitrogens with two attached hydrogens (primary N) is 2. The first kappa shape index (κ1) is 24.3. The normalized spacial score (nSPS) is 12.2. The molecule has 0 saturated heterocycles. The Kier molecular flexibility index (Phi) is 10.6. The predicted octanol–water partition coefficient (Wildman–Crippen LogP) is 0.853. The van der Waals surface area contributed by atoms with E-state index >= 15 is 0 Å². The fourth-order valence-corrected chi connectivity index (χ4v) is 2.75. The third-order valence-electron chi connectivity index (χ3n) is 4.23. The number of halogens is 1. The van der Waals surface area contributed by atoms with Gasteiger partial charge in [-0.05, 0) is 17.5 Å². The predicted molar refractivity (Wildman–Crippen MR) is 117 cm³/mol. The first-order valence-corrected chi connectivity index (χ1v) is 9.15. The van der Waals surface area contributed by atoms with Crippen molar-refractivity contribution in [3.05, 3.63) is 71.8 Å². The molecule has 0 unspecified atom stereocenters. The molecule has 0 spiro atoms. The Hall–Kier alpha value is -2.71. The van der Waals surface area contributed by atoms with Gasteiger partial charge in [0.05, 0.1) is 12.5 Å². The summed E-state index contributed by atoms with van der Waals surface area (Å²) in [5.41, 5.74) is 12.8. The quantitative estimate of drug-likeness (QED) is 0.417. The van der Waals surface area contributed by atoms with Gasteiger partial charge in [0, 0.05) is 13.0 Å². The van der Waals surface area contributed by atoms with Crippen molar-refractivity contribution in [1.82, 2.24) is 10.6 Å². The molecule has 0 aliphatic heterocycles. The van der Waals surface area contributed by atoms with E-state index in [0.29, 0.717) is 19.4 Å². The van der Waals surface area contributed by atoms with Gasteiger partial charge in [0.1, 0.15) is 6.04 Å². The lowest BCUT2D eigenvalue weighted by atomic mass is 10.0. The summed E-state index contributed by atoms with van der Waals surface area (Å²) in [4.78, 5) is 35.9. The first-order valence-electron chi connectivity index (χ1n) is 9.15. The van der Waals surface area contributed by atoms with E-state index in [1.165, 1.54) is 0 Å². The summed E-state index contributed by atoms with van der Waals surface area (Å²) < 4.78 is 0. The van der Waals surface area contributed by atoms with Crippen LogP contribution in [0.1, 0.15) is 17.5 Å². The van der Waals surface area contributed by atoms with Crippen molar-refractivity contribution < 1.29 is 14.4 Å². The second-order valence-corrected chi connectivity index (χ2v) is 6.55. The van der Waals surface area contributed by atoms with Crippen LogP contribution in [0.5, 0.6) is 0 Å². The van der Waals surface area contributed by atoms with Crippen LogP contribution in [0.3, 0.4) is 0 Å². The number of carbonyl (C=O) groups excluding carboxylic acids is 3. The summed E-state index contributed by atoms with van der Waals surface area (Å²) in [6.07, 6.45) is 0.715. The Labute approximate surface area is 181 Å². The lowest BCUT2D eigenvalue weighted by molar-refractivity contribution is -0.130. The molecule has 0 saturated carbocycles. The summed E-state index contributed by atoms with van der Waals surface area (Å²) in [6.45, 7) is 0.442. The van der Waals surface area contributed by atoms with Crippen molar-refractivity contribution in [3.8, 4) is 0 Å². The molecule has 0 heterocycles. The highest BCUT2D eigenvalue weighted by molar-refractivity contribution is 8.93. The van der Waals surface area contributed by atoms with E-state index in [2.05, 4.69) is 10.6 Å². The molecule has 0 radical (unpaired) electrons. The van der Waals surface area contributed by atoms with Gasteiger partial charge in [-0.1, -0.05) is 60.7 Å². The standard InChI is InChI=1S/C21H26N4O3.BrH/c22-17(14-19(23)26)20(27)25-18(13-16-9-5-2-6-10-16)21(28)24-12-11-15-7-3-1-4-8-15;/h1-10,17-18H,11-14,22H2,(H2,23,26)(H,24,28)(H,25,27);1H/t17-,18-;/m0./s1. The fraction of sp³-hybridized carbons (Fsp3) is 0.286. The van der Waals surface area contributed by atoms with Gasteiger partial charge in [-0.2, -0.15) is 0 Å². The van der Waals surface area contributed by atoms with Crippen LogP contribution < -0.4 is 22.1 Å². The summed E-state index contributed by atoms with van der Waals surface area (Å²) in [6, 6.07) is 17.2. The molecule has 2 aromatic carbocycles. The van der Waals surface area contributed by atoms with E-state index in [0.717, 1.165) is 11.1 Å². The number of amides is 3. The lowest BCUT2D eigenvalue weighted by Gasteiger charge is -2.20. The Morgan fingerprint density at radius 3 is 1.97 bits per heavy atom. The molecule has 6 N–H and O–H groups in total. The van der Waals surface area contributed by atoms with Gasteiger partial charge in [0.25, 0.3) is 0 Å². The van der Waals surface area contributed by atoms with Crippen molar-refractivity contribution in [2.45, 2.75) is 31.3 Å². The van der Waals surface area contributed by atoms with Crippen molar-refractivity contribution in [1.29, 1.82) is 0 Å². The number of carbonyl (C=O) groups is 3. The number of hydrogen-bond acceptors (Lipinski definition) is 4. The third kappa shape index (κ3) is 8.89. The number of primary amides is 1. The summed E-state index contributed by atoms with van der Waals surface area (Å²) in [7, 11) is 0. The molecule has 2 rings (SSSR count). The fourth-order valence-electron chi connectivity index (χ4n) is 2.75. The zero-order chi connectivity index (χ0) is 20.4. The lowest BCUT2D eigenvalue weighted by Crippen LogP contribution is -2.53. The molecule has 0 bridgehead atoms. The smallest absolute Gasteiger partial charge is 0.242 e. The van der Waals surface area contributed by atoms with Gasteiger partial charge in [-0.25, -0.2) is 0 Å². The number of benzene rings is 2. The van der Waals surface area contributed by atoms with Crippen molar-refractivity contribution in [2.75, 3.05) is 6.54 Å². The van der Waals surface area contributed by atoms with Crippen LogP contribution in [0.25, 0.3) is 0 Å². The van der Waals surface area contributed by atoms with E-state index < -0.39 is 23.9 Å².